The molecule has 1 heterocycles. The Bertz CT molecular complexity index is 234. The summed E-state index contributed by atoms with van der Waals surface area (Å²) in [5.74, 6) is 0.844. The van der Waals surface area contributed by atoms with Crippen molar-refractivity contribution in [1.29, 1.82) is 0 Å². The summed E-state index contributed by atoms with van der Waals surface area (Å²) in [6, 6.07) is 0. The molecule has 0 saturated heterocycles. The molecule has 0 aliphatic rings. The average molecular weight is 187 g/mol. The van der Waals surface area contributed by atoms with E-state index in [2.05, 4.69) is 4.98 Å². The van der Waals surface area contributed by atoms with Crippen LogP contribution in [-0.4, -0.2) is 17.0 Å². The molecule has 0 amide bonds. The number of hydrogen-bond acceptors (Lipinski definition) is 4. The first-order valence-electron chi connectivity index (χ1n) is 3.31. The van der Waals surface area contributed by atoms with Crippen molar-refractivity contribution in [2.24, 2.45) is 0 Å². The molecule has 4 heteroatoms. The maximum absolute atomic E-state index is 9.97. The molecule has 1 aromatic rings. The van der Waals surface area contributed by atoms with E-state index < -0.39 is 0 Å². The molecular weight excluding hydrogens is 178 g/mol. The molecule has 0 radical (unpaired) electrons. The second-order valence-electron chi connectivity index (χ2n) is 2.06. The van der Waals surface area contributed by atoms with E-state index in [-0.39, 0.29) is 0 Å². The minimum absolute atomic E-state index is 0.614. The normalized spacial score (nSPS) is 9.91. The SMILES string of the molecule is Cc1csc(SCCC=O)n1. The molecular formula is C7H9NOS2. The van der Waals surface area contributed by atoms with Crippen LogP contribution >= 0.6 is 23.1 Å². The summed E-state index contributed by atoms with van der Waals surface area (Å²) in [6.45, 7) is 1.97. The highest BCUT2D eigenvalue weighted by molar-refractivity contribution is 8.01. The molecule has 0 atom stereocenters. The molecule has 0 N–H and O–H groups in total. The second-order valence-corrected chi connectivity index (χ2v) is 4.26. The molecule has 0 aliphatic heterocycles. The minimum atomic E-state index is 0.614. The van der Waals surface area contributed by atoms with E-state index in [1.165, 1.54) is 0 Å². The van der Waals surface area contributed by atoms with Crippen molar-refractivity contribution in [1.82, 2.24) is 4.98 Å². The third-order valence-electron chi connectivity index (χ3n) is 1.06. The number of carbonyl (C=O) groups is 1. The average Bonchev–Trinajstić information content (AvgIpc) is 2.37. The summed E-state index contributed by atoms with van der Waals surface area (Å²) >= 11 is 3.28. The van der Waals surface area contributed by atoms with E-state index >= 15 is 0 Å². The molecule has 0 aromatic carbocycles. The first-order chi connectivity index (χ1) is 5.33. The summed E-state index contributed by atoms with van der Waals surface area (Å²) in [5.41, 5.74) is 1.06. The van der Waals surface area contributed by atoms with Crippen LogP contribution in [0.25, 0.3) is 0 Å². The van der Waals surface area contributed by atoms with Crippen molar-refractivity contribution >= 4 is 29.4 Å². The van der Waals surface area contributed by atoms with Crippen LogP contribution in [0.5, 0.6) is 0 Å². The van der Waals surface area contributed by atoms with Crippen molar-refractivity contribution in [2.75, 3.05) is 5.75 Å². The fraction of sp³-hybridized carbons (Fsp3) is 0.429. The van der Waals surface area contributed by atoms with Gasteiger partial charge in [-0.3, -0.25) is 0 Å². The Morgan fingerprint density at radius 2 is 2.64 bits per heavy atom. The van der Waals surface area contributed by atoms with Gasteiger partial charge in [0.2, 0.25) is 0 Å². The van der Waals surface area contributed by atoms with Gasteiger partial charge in [0.1, 0.15) is 10.6 Å². The lowest BCUT2D eigenvalue weighted by Crippen LogP contribution is -1.79. The monoisotopic (exact) mass is 187 g/mol. The van der Waals surface area contributed by atoms with Crippen molar-refractivity contribution in [3.05, 3.63) is 11.1 Å². The Balaban J connectivity index is 2.32. The predicted octanol–water partition coefficient (Wildman–Crippen LogP) is 2.13. The lowest BCUT2D eigenvalue weighted by atomic mass is 10.6. The van der Waals surface area contributed by atoms with Gasteiger partial charge in [0, 0.05) is 23.2 Å². The minimum Gasteiger partial charge on any atom is -0.303 e. The second kappa shape index (κ2) is 4.51. The maximum Gasteiger partial charge on any atom is 0.150 e. The topological polar surface area (TPSA) is 30.0 Å². The predicted molar refractivity (Wildman–Crippen MR) is 48.3 cm³/mol. The van der Waals surface area contributed by atoms with Gasteiger partial charge in [0.25, 0.3) is 0 Å². The van der Waals surface area contributed by atoms with E-state index in [4.69, 9.17) is 0 Å². The zero-order valence-corrected chi connectivity index (χ0v) is 7.87. The molecule has 60 valence electrons. The van der Waals surface area contributed by atoms with Crippen LogP contribution in [0.2, 0.25) is 0 Å². The molecule has 0 bridgehead atoms. The summed E-state index contributed by atoms with van der Waals surface area (Å²) < 4.78 is 1.06. The maximum atomic E-state index is 9.97. The van der Waals surface area contributed by atoms with Gasteiger partial charge in [0.15, 0.2) is 0 Å². The number of carbonyl (C=O) groups excluding carboxylic acids is 1. The number of aldehydes is 1. The highest BCUT2D eigenvalue weighted by Gasteiger charge is 1.97. The van der Waals surface area contributed by atoms with Crippen LogP contribution in [-0.2, 0) is 4.79 Å². The zero-order valence-electron chi connectivity index (χ0n) is 6.24. The Morgan fingerprint density at radius 1 is 1.82 bits per heavy atom. The summed E-state index contributed by atoms with van der Waals surface area (Å²) in [4.78, 5) is 14.2. The molecule has 11 heavy (non-hydrogen) atoms. The van der Waals surface area contributed by atoms with Gasteiger partial charge >= 0.3 is 0 Å². The van der Waals surface area contributed by atoms with Crippen LogP contribution in [0.1, 0.15) is 12.1 Å². The van der Waals surface area contributed by atoms with Crippen LogP contribution in [0.4, 0.5) is 0 Å². The summed E-state index contributed by atoms with van der Waals surface area (Å²) in [5, 5.41) is 2.02. The summed E-state index contributed by atoms with van der Waals surface area (Å²) in [6.07, 6.45) is 1.55. The van der Waals surface area contributed by atoms with Crippen molar-refractivity contribution in [3.63, 3.8) is 0 Å². The molecule has 0 spiro atoms. The van der Waals surface area contributed by atoms with Gasteiger partial charge in [-0.15, -0.1) is 11.3 Å². The third kappa shape index (κ3) is 3.03. The highest BCUT2D eigenvalue weighted by Crippen LogP contribution is 2.22. The number of thioether (sulfide) groups is 1. The molecule has 0 unspecified atom stereocenters. The van der Waals surface area contributed by atoms with Crippen molar-refractivity contribution in [3.8, 4) is 0 Å². The zero-order chi connectivity index (χ0) is 8.10. The molecule has 1 rings (SSSR count). The lowest BCUT2D eigenvalue weighted by Gasteiger charge is -1.89. The number of aryl methyl sites for hydroxylation is 1. The van der Waals surface area contributed by atoms with Crippen LogP contribution in [0.15, 0.2) is 9.72 Å². The molecule has 1 aromatic heterocycles. The van der Waals surface area contributed by atoms with Gasteiger partial charge in [-0.25, -0.2) is 4.98 Å². The van der Waals surface area contributed by atoms with Crippen molar-refractivity contribution in [2.45, 2.75) is 17.7 Å². The Labute approximate surface area is 74.0 Å². The van der Waals surface area contributed by atoms with Gasteiger partial charge in [0.05, 0.1) is 0 Å². The smallest absolute Gasteiger partial charge is 0.150 e. The van der Waals surface area contributed by atoms with E-state index in [1.54, 1.807) is 23.1 Å². The third-order valence-corrected chi connectivity index (χ3v) is 3.23. The van der Waals surface area contributed by atoms with E-state index in [0.29, 0.717) is 6.42 Å². The highest BCUT2D eigenvalue weighted by atomic mass is 32.2. The largest absolute Gasteiger partial charge is 0.303 e. The van der Waals surface area contributed by atoms with Crippen LogP contribution in [0, 0.1) is 6.92 Å². The molecule has 0 aliphatic carbocycles. The number of nitrogens with zero attached hydrogens (tertiary/aromatic N) is 1. The molecule has 0 saturated carbocycles. The molecule has 0 fully saturated rings. The standard InChI is InChI=1S/C7H9NOS2/c1-6-5-11-7(8-6)10-4-2-3-9/h3,5H,2,4H2,1H3. The van der Waals surface area contributed by atoms with Crippen molar-refractivity contribution < 1.29 is 4.79 Å². The fourth-order valence-electron chi connectivity index (χ4n) is 0.593. The quantitative estimate of drug-likeness (QED) is 0.411. The lowest BCUT2D eigenvalue weighted by molar-refractivity contribution is -0.107. The van der Waals surface area contributed by atoms with Crippen LogP contribution < -0.4 is 0 Å². The number of aromatic nitrogens is 1. The number of rotatable bonds is 4. The number of thiazole rings is 1. The van der Waals surface area contributed by atoms with E-state index in [1.807, 2.05) is 12.3 Å². The first-order valence-corrected chi connectivity index (χ1v) is 5.18. The Kier molecular flexibility index (Phi) is 3.59. The van der Waals surface area contributed by atoms with Gasteiger partial charge in [-0.2, -0.15) is 0 Å². The fourth-order valence-corrected chi connectivity index (χ4v) is 2.38. The van der Waals surface area contributed by atoms with Gasteiger partial charge in [-0.1, -0.05) is 11.8 Å². The van der Waals surface area contributed by atoms with E-state index in [9.17, 15) is 4.79 Å². The number of hydrogen-bond donors (Lipinski definition) is 0. The van der Waals surface area contributed by atoms with E-state index in [0.717, 1.165) is 22.1 Å². The van der Waals surface area contributed by atoms with Crippen LogP contribution in [0.3, 0.4) is 0 Å². The Morgan fingerprint density at radius 3 is 3.18 bits per heavy atom. The first kappa shape index (κ1) is 8.74. The Hall–Kier alpha value is -0.350. The summed E-state index contributed by atoms with van der Waals surface area (Å²) in [7, 11) is 0. The van der Waals surface area contributed by atoms with Gasteiger partial charge < -0.3 is 4.79 Å². The molecule has 2 nitrogen and oxygen atoms in total. The van der Waals surface area contributed by atoms with Gasteiger partial charge in [-0.05, 0) is 6.92 Å².